The Hall–Kier alpha value is -2.84. The average Bonchev–Trinajstić information content (AvgIpc) is 2.95. The fraction of sp³-hybridized carbons (Fsp3) is 0.105. The maximum atomic E-state index is 12.8. The fourth-order valence-corrected chi connectivity index (χ4v) is 3.81. The topological polar surface area (TPSA) is 76.1 Å². The third kappa shape index (κ3) is 3.81. The Kier molecular flexibility index (Phi) is 5.48. The molecule has 1 saturated heterocycles. The molecule has 1 N–H and O–H groups in total. The zero-order valence-corrected chi connectivity index (χ0v) is 16.1. The molecule has 0 aromatic heterocycles. The van der Waals surface area contributed by atoms with Crippen LogP contribution in [0.5, 0.6) is 11.5 Å². The van der Waals surface area contributed by atoms with Crippen molar-refractivity contribution in [2.45, 2.75) is 0 Å². The van der Waals surface area contributed by atoms with Gasteiger partial charge in [0.1, 0.15) is 11.5 Å². The number of carboxylic acid groups (broad SMARTS) is 1. The molecule has 0 spiro atoms. The second kappa shape index (κ2) is 7.81. The minimum absolute atomic E-state index is 0.141. The van der Waals surface area contributed by atoms with Gasteiger partial charge in [-0.05, 0) is 42.5 Å². The highest BCUT2D eigenvalue weighted by molar-refractivity contribution is 8.27. The predicted molar refractivity (Wildman–Crippen MR) is 109 cm³/mol. The van der Waals surface area contributed by atoms with Crippen LogP contribution in [0.15, 0.2) is 47.4 Å². The van der Waals surface area contributed by atoms with Gasteiger partial charge in [0.2, 0.25) is 0 Å². The molecule has 1 aliphatic rings. The number of thiocarbonyl (C=S) groups is 1. The number of benzene rings is 2. The fourth-order valence-electron chi connectivity index (χ4n) is 2.52. The van der Waals surface area contributed by atoms with Gasteiger partial charge in [0.05, 0.1) is 30.4 Å². The molecule has 6 nitrogen and oxygen atoms in total. The summed E-state index contributed by atoms with van der Waals surface area (Å²) in [5, 5.41) is 9.00. The van der Waals surface area contributed by atoms with Crippen LogP contribution in [0.4, 0.5) is 5.69 Å². The second-order valence-electron chi connectivity index (χ2n) is 5.48. The summed E-state index contributed by atoms with van der Waals surface area (Å²) >= 11 is 6.51. The van der Waals surface area contributed by atoms with Gasteiger partial charge in [0.25, 0.3) is 5.91 Å². The molecule has 0 saturated carbocycles. The molecule has 0 unspecified atom stereocenters. The van der Waals surface area contributed by atoms with Crippen LogP contribution in [0.2, 0.25) is 0 Å². The number of hydrogen-bond acceptors (Lipinski definition) is 6. The van der Waals surface area contributed by atoms with Gasteiger partial charge in [-0.25, -0.2) is 4.79 Å². The molecular weight excluding hydrogens is 386 g/mol. The quantitative estimate of drug-likeness (QED) is 0.603. The summed E-state index contributed by atoms with van der Waals surface area (Å²) < 4.78 is 10.9. The third-order valence-corrected chi connectivity index (χ3v) is 5.20. The van der Waals surface area contributed by atoms with Crippen LogP contribution in [0.3, 0.4) is 0 Å². The van der Waals surface area contributed by atoms with E-state index in [1.54, 1.807) is 50.6 Å². The van der Waals surface area contributed by atoms with Gasteiger partial charge >= 0.3 is 5.97 Å². The first kappa shape index (κ1) is 18.9. The summed E-state index contributed by atoms with van der Waals surface area (Å²) in [6, 6.07) is 11.3. The lowest BCUT2D eigenvalue weighted by Gasteiger charge is -2.14. The second-order valence-corrected chi connectivity index (χ2v) is 7.15. The van der Waals surface area contributed by atoms with Crippen LogP contribution >= 0.6 is 24.0 Å². The summed E-state index contributed by atoms with van der Waals surface area (Å²) in [4.78, 5) is 25.6. The number of carboxylic acids is 1. The average molecular weight is 401 g/mol. The first-order chi connectivity index (χ1) is 12.9. The molecule has 0 radical (unpaired) electrons. The van der Waals surface area contributed by atoms with Crippen molar-refractivity contribution in [3.8, 4) is 11.5 Å². The van der Waals surface area contributed by atoms with Crippen molar-refractivity contribution in [3.63, 3.8) is 0 Å². The number of methoxy groups -OCH3 is 2. The van der Waals surface area contributed by atoms with E-state index in [0.29, 0.717) is 26.4 Å². The van der Waals surface area contributed by atoms with Crippen LogP contribution in [0, 0.1) is 0 Å². The van der Waals surface area contributed by atoms with E-state index >= 15 is 0 Å². The lowest BCUT2D eigenvalue weighted by atomic mass is 10.1. The van der Waals surface area contributed by atoms with Gasteiger partial charge < -0.3 is 14.6 Å². The molecule has 1 fully saturated rings. The number of ether oxygens (including phenoxy) is 2. The summed E-state index contributed by atoms with van der Waals surface area (Å²) in [6.07, 6.45) is 1.71. The Morgan fingerprint density at radius 3 is 2.44 bits per heavy atom. The minimum Gasteiger partial charge on any atom is -0.497 e. The number of thioether (sulfide) groups is 1. The van der Waals surface area contributed by atoms with Crippen LogP contribution in [0.1, 0.15) is 15.9 Å². The Morgan fingerprint density at radius 2 is 1.85 bits per heavy atom. The van der Waals surface area contributed by atoms with Crippen molar-refractivity contribution in [3.05, 3.63) is 58.5 Å². The number of nitrogens with zero attached hydrogens (tertiary/aromatic N) is 1. The Morgan fingerprint density at radius 1 is 1.15 bits per heavy atom. The van der Waals surface area contributed by atoms with Crippen LogP contribution in [-0.2, 0) is 4.79 Å². The number of rotatable bonds is 5. The molecule has 1 heterocycles. The zero-order valence-electron chi connectivity index (χ0n) is 14.5. The predicted octanol–water partition coefficient (Wildman–Crippen LogP) is 3.81. The van der Waals surface area contributed by atoms with Crippen molar-refractivity contribution < 1.29 is 24.2 Å². The highest BCUT2D eigenvalue weighted by atomic mass is 32.2. The van der Waals surface area contributed by atoms with Crippen LogP contribution < -0.4 is 14.4 Å². The largest absolute Gasteiger partial charge is 0.497 e. The van der Waals surface area contributed by atoms with E-state index in [1.807, 2.05) is 0 Å². The van der Waals surface area contributed by atoms with Gasteiger partial charge in [-0.3, -0.25) is 9.69 Å². The maximum absolute atomic E-state index is 12.8. The van der Waals surface area contributed by atoms with E-state index < -0.39 is 5.97 Å². The van der Waals surface area contributed by atoms with Crippen molar-refractivity contribution in [2.75, 3.05) is 19.1 Å². The number of carbonyl (C=O) groups excluding carboxylic acids is 1. The molecule has 1 amide bonds. The Bertz CT molecular complexity index is 953. The molecular formula is C19H15NO5S2. The SMILES string of the molecule is COc1ccc(/C=C2\SC(=S)N(c3ccc(C(=O)O)cc3)C2=O)c(OC)c1. The van der Waals surface area contributed by atoms with Gasteiger partial charge in [0.15, 0.2) is 4.32 Å². The molecule has 1 aliphatic heterocycles. The van der Waals surface area contributed by atoms with Gasteiger partial charge in [-0.15, -0.1) is 0 Å². The molecule has 2 aromatic rings. The Labute approximate surface area is 165 Å². The lowest BCUT2D eigenvalue weighted by molar-refractivity contribution is -0.113. The first-order valence-corrected chi connectivity index (χ1v) is 9.00. The molecule has 0 aliphatic carbocycles. The molecule has 2 aromatic carbocycles. The smallest absolute Gasteiger partial charge is 0.335 e. The maximum Gasteiger partial charge on any atom is 0.335 e. The molecule has 3 rings (SSSR count). The highest BCUT2D eigenvalue weighted by Gasteiger charge is 2.33. The third-order valence-electron chi connectivity index (χ3n) is 3.89. The van der Waals surface area contributed by atoms with Crippen molar-refractivity contribution in [1.29, 1.82) is 0 Å². The molecule has 0 bridgehead atoms. The van der Waals surface area contributed by atoms with Crippen molar-refractivity contribution >= 4 is 51.9 Å². The summed E-state index contributed by atoms with van der Waals surface area (Å²) in [7, 11) is 3.11. The van der Waals surface area contributed by atoms with E-state index in [-0.39, 0.29) is 11.5 Å². The Balaban J connectivity index is 1.92. The van der Waals surface area contributed by atoms with Gasteiger partial charge in [-0.1, -0.05) is 24.0 Å². The van der Waals surface area contributed by atoms with E-state index in [2.05, 4.69) is 0 Å². The standard InChI is InChI=1S/C19H15NO5S2/c1-24-14-8-5-12(15(10-14)25-2)9-16-17(21)20(19(26)27-16)13-6-3-11(4-7-13)18(22)23/h3-10H,1-2H3,(H,22,23)/b16-9-. The first-order valence-electron chi connectivity index (χ1n) is 7.78. The van der Waals surface area contributed by atoms with Crippen LogP contribution in [0.25, 0.3) is 6.08 Å². The number of aromatic carboxylic acids is 1. The normalized spacial score (nSPS) is 15.3. The summed E-state index contributed by atoms with van der Waals surface area (Å²) in [6.45, 7) is 0. The van der Waals surface area contributed by atoms with Gasteiger partial charge in [-0.2, -0.15) is 0 Å². The van der Waals surface area contributed by atoms with Crippen molar-refractivity contribution in [1.82, 2.24) is 0 Å². The zero-order chi connectivity index (χ0) is 19.6. The van der Waals surface area contributed by atoms with E-state index in [4.69, 9.17) is 26.8 Å². The van der Waals surface area contributed by atoms with E-state index in [0.717, 1.165) is 5.56 Å². The monoisotopic (exact) mass is 401 g/mol. The van der Waals surface area contributed by atoms with E-state index in [9.17, 15) is 9.59 Å². The molecule has 0 atom stereocenters. The number of anilines is 1. The number of amides is 1. The highest BCUT2D eigenvalue weighted by Crippen LogP contribution is 2.37. The number of carbonyl (C=O) groups is 2. The van der Waals surface area contributed by atoms with Gasteiger partial charge in [0, 0.05) is 11.6 Å². The summed E-state index contributed by atoms with van der Waals surface area (Å²) in [5.74, 6) is -0.0788. The van der Waals surface area contributed by atoms with Crippen molar-refractivity contribution in [2.24, 2.45) is 0 Å². The summed E-state index contributed by atoms with van der Waals surface area (Å²) in [5.41, 5.74) is 1.38. The van der Waals surface area contributed by atoms with Crippen LogP contribution in [-0.4, -0.2) is 35.5 Å². The molecule has 138 valence electrons. The molecule has 8 heteroatoms. The van der Waals surface area contributed by atoms with E-state index in [1.165, 1.54) is 28.8 Å². The minimum atomic E-state index is -1.03. The molecule has 27 heavy (non-hydrogen) atoms. The number of hydrogen-bond donors (Lipinski definition) is 1. The lowest BCUT2D eigenvalue weighted by Crippen LogP contribution is -2.27.